The van der Waals surface area contributed by atoms with Crippen molar-refractivity contribution in [2.75, 3.05) is 6.61 Å². The van der Waals surface area contributed by atoms with Crippen LogP contribution >= 0.6 is 0 Å². The molecule has 1 unspecified atom stereocenters. The third-order valence-corrected chi connectivity index (χ3v) is 2.37. The van der Waals surface area contributed by atoms with Crippen molar-refractivity contribution in [2.24, 2.45) is 0 Å². The standard InChI is InChI=1S/C12H16O/c1-4-11-9(2)6-5-7-12(11)10(3)8-13/h4-7,10,13H,1,8H2,2-3H3. The van der Waals surface area contributed by atoms with E-state index < -0.39 is 0 Å². The van der Waals surface area contributed by atoms with Crippen molar-refractivity contribution in [1.29, 1.82) is 0 Å². The third-order valence-electron chi connectivity index (χ3n) is 2.37. The quantitative estimate of drug-likeness (QED) is 0.750. The molecule has 1 heteroatoms. The lowest BCUT2D eigenvalue weighted by atomic mass is 9.93. The van der Waals surface area contributed by atoms with Gasteiger partial charge in [-0.05, 0) is 23.6 Å². The molecule has 1 aromatic rings. The average molecular weight is 176 g/mol. The van der Waals surface area contributed by atoms with E-state index in [0.29, 0.717) is 0 Å². The maximum atomic E-state index is 9.06. The van der Waals surface area contributed by atoms with Crippen molar-refractivity contribution in [3.63, 3.8) is 0 Å². The Morgan fingerprint density at radius 2 is 2.23 bits per heavy atom. The Morgan fingerprint density at radius 3 is 2.77 bits per heavy atom. The number of rotatable bonds is 3. The molecule has 0 amide bonds. The van der Waals surface area contributed by atoms with E-state index in [4.69, 9.17) is 5.11 Å². The lowest BCUT2D eigenvalue weighted by Gasteiger charge is -2.13. The summed E-state index contributed by atoms with van der Waals surface area (Å²) >= 11 is 0. The van der Waals surface area contributed by atoms with Crippen LogP contribution in [0.25, 0.3) is 6.08 Å². The van der Waals surface area contributed by atoms with Crippen LogP contribution in [0.2, 0.25) is 0 Å². The summed E-state index contributed by atoms with van der Waals surface area (Å²) in [5, 5.41) is 9.06. The molecule has 0 aromatic heterocycles. The SMILES string of the molecule is C=Cc1c(C)cccc1C(C)CO. The van der Waals surface area contributed by atoms with Gasteiger partial charge in [-0.2, -0.15) is 0 Å². The summed E-state index contributed by atoms with van der Waals surface area (Å²) in [6.45, 7) is 8.05. The molecule has 1 aromatic carbocycles. The van der Waals surface area contributed by atoms with E-state index >= 15 is 0 Å². The molecule has 0 heterocycles. The van der Waals surface area contributed by atoms with E-state index in [1.54, 1.807) is 0 Å². The summed E-state index contributed by atoms with van der Waals surface area (Å²) in [5.74, 6) is 0.188. The van der Waals surface area contributed by atoms with E-state index in [2.05, 4.69) is 19.6 Å². The van der Waals surface area contributed by atoms with Gasteiger partial charge in [0.05, 0.1) is 0 Å². The van der Waals surface area contributed by atoms with Gasteiger partial charge < -0.3 is 5.11 Å². The summed E-state index contributed by atoms with van der Waals surface area (Å²) in [6, 6.07) is 6.12. The van der Waals surface area contributed by atoms with E-state index in [1.807, 2.05) is 25.1 Å². The molecule has 0 aliphatic rings. The van der Waals surface area contributed by atoms with Gasteiger partial charge >= 0.3 is 0 Å². The Labute approximate surface area is 79.7 Å². The van der Waals surface area contributed by atoms with Crippen LogP contribution in [0.4, 0.5) is 0 Å². The van der Waals surface area contributed by atoms with Crippen molar-refractivity contribution < 1.29 is 5.11 Å². The molecule has 1 N–H and O–H groups in total. The second-order valence-electron chi connectivity index (χ2n) is 3.37. The largest absolute Gasteiger partial charge is 0.396 e. The highest BCUT2D eigenvalue weighted by Crippen LogP contribution is 2.23. The third kappa shape index (κ3) is 1.99. The highest BCUT2D eigenvalue weighted by atomic mass is 16.3. The second-order valence-corrected chi connectivity index (χ2v) is 3.37. The van der Waals surface area contributed by atoms with Crippen LogP contribution in [0.1, 0.15) is 29.5 Å². The first-order valence-corrected chi connectivity index (χ1v) is 4.53. The molecule has 1 atom stereocenters. The number of hydrogen-bond acceptors (Lipinski definition) is 1. The zero-order valence-electron chi connectivity index (χ0n) is 8.25. The summed E-state index contributed by atoms with van der Waals surface area (Å²) < 4.78 is 0. The van der Waals surface area contributed by atoms with Crippen LogP contribution in [0.3, 0.4) is 0 Å². The molecule has 1 nitrogen and oxygen atoms in total. The molecule has 0 aliphatic heterocycles. The van der Waals surface area contributed by atoms with Crippen LogP contribution in [0, 0.1) is 6.92 Å². The summed E-state index contributed by atoms with van der Waals surface area (Å²) in [5.41, 5.74) is 3.55. The average Bonchev–Trinajstić information content (AvgIpc) is 2.16. The van der Waals surface area contributed by atoms with E-state index in [-0.39, 0.29) is 12.5 Å². The van der Waals surface area contributed by atoms with Gasteiger partial charge in [0.25, 0.3) is 0 Å². The zero-order chi connectivity index (χ0) is 9.84. The van der Waals surface area contributed by atoms with Crippen LogP contribution in [-0.4, -0.2) is 11.7 Å². The lowest BCUT2D eigenvalue weighted by molar-refractivity contribution is 0.273. The first-order valence-electron chi connectivity index (χ1n) is 4.53. The minimum Gasteiger partial charge on any atom is -0.396 e. The lowest BCUT2D eigenvalue weighted by Crippen LogP contribution is -2.02. The molecule has 70 valence electrons. The summed E-state index contributed by atoms with van der Waals surface area (Å²) in [7, 11) is 0. The molecular weight excluding hydrogens is 160 g/mol. The zero-order valence-corrected chi connectivity index (χ0v) is 8.25. The predicted octanol–water partition coefficient (Wildman–Crippen LogP) is 2.73. The van der Waals surface area contributed by atoms with E-state index in [1.165, 1.54) is 11.1 Å². The monoisotopic (exact) mass is 176 g/mol. The van der Waals surface area contributed by atoms with Gasteiger partial charge in [0.15, 0.2) is 0 Å². The number of aryl methyl sites for hydroxylation is 1. The van der Waals surface area contributed by atoms with Crippen LogP contribution in [0.15, 0.2) is 24.8 Å². The molecule has 0 aliphatic carbocycles. The van der Waals surface area contributed by atoms with E-state index in [9.17, 15) is 0 Å². The fraction of sp³-hybridized carbons (Fsp3) is 0.333. The van der Waals surface area contributed by atoms with E-state index in [0.717, 1.165) is 5.56 Å². The molecule has 1 rings (SSSR count). The van der Waals surface area contributed by atoms with Crippen molar-refractivity contribution >= 4 is 6.08 Å². The molecular formula is C12H16O. The number of benzene rings is 1. The van der Waals surface area contributed by atoms with Gasteiger partial charge in [0.1, 0.15) is 0 Å². The Balaban J connectivity index is 3.19. The minimum absolute atomic E-state index is 0.185. The van der Waals surface area contributed by atoms with Crippen molar-refractivity contribution in [1.82, 2.24) is 0 Å². The molecule has 0 radical (unpaired) electrons. The van der Waals surface area contributed by atoms with Gasteiger partial charge in [-0.3, -0.25) is 0 Å². The molecule has 13 heavy (non-hydrogen) atoms. The van der Waals surface area contributed by atoms with Gasteiger partial charge in [-0.1, -0.05) is 37.8 Å². The Hall–Kier alpha value is -1.08. The van der Waals surface area contributed by atoms with Crippen molar-refractivity contribution in [3.05, 3.63) is 41.5 Å². The van der Waals surface area contributed by atoms with Gasteiger partial charge in [0, 0.05) is 12.5 Å². The topological polar surface area (TPSA) is 20.2 Å². The molecule has 0 saturated carbocycles. The highest BCUT2D eigenvalue weighted by Gasteiger charge is 2.08. The van der Waals surface area contributed by atoms with Gasteiger partial charge in [-0.15, -0.1) is 0 Å². The fourth-order valence-electron chi connectivity index (χ4n) is 1.51. The first kappa shape index (κ1) is 10.0. The number of hydrogen-bond donors (Lipinski definition) is 1. The van der Waals surface area contributed by atoms with Crippen molar-refractivity contribution in [2.45, 2.75) is 19.8 Å². The Kier molecular flexibility index (Phi) is 3.26. The maximum Gasteiger partial charge on any atom is 0.0497 e. The predicted molar refractivity (Wildman–Crippen MR) is 56.8 cm³/mol. The Bertz CT molecular complexity index is 302. The van der Waals surface area contributed by atoms with Gasteiger partial charge in [0.2, 0.25) is 0 Å². The number of aliphatic hydroxyl groups excluding tert-OH is 1. The molecule has 0 bridgehead atoms. The summed E-state index contributed by atoms with van der Waals surface area (Å²) in [4.78, 5) is 0. The normalized spacial score (nSPS) is 12.5. The fourth-order valence-corrected chi connectivity index (χ4v) is 1.51. The van der Waals surface area contributed by atoms with Gasteiger partial charge in [-0.25, -0.2) is 0 Å². The minimum atomic E-state index is 0.185. The van der Waals surface area contributed by atoms with Crippen LogP contribution in [0.5, 0.6) is 0 Å². The number of aliphatic hydroxyl groups is 1. The highest BCUT2D eigenvalue weighted by molar-refractivity contribution is 5.57. The van der Waals surface area contributed by atoms with Crippen LogP contribution in [-0.2, 0) is 0 Å². The molecule has 0 saturated heterocycles. The molecule has 0 fully saturated rings. The van der Waals surface area contributed by atoms with Crippen molar-refractivity contribution in [3.8, 4) is 0 Å². The first-order chi connectivity index (χ1) is 6.20. The maximum absolute atomic E-state index is 9.06. The Morgan fingerprint density at radius 1 is 1.54 bits per heavy atom. The molecule has 0 spiro atoms. The smallest absolute Gasteiger partial charge is 0.0497 e. The summed E-state index contributed by atoms with van der Waals surface area (Å²) in [6.07, 6.45) is 1.86. The second kappa shape index (κ2) is 4.24. The van der Waals surface area contributed by atoms with Crippen LogP contribution < -0.4 is 0 Å².